The van der Waals surface area contributed by atoms with Crippen LogP contribution in [0.3, 0.4) is 0 Å². The molecule has 0 bridgehead atoms. The molecule has 176 valence electrons. The van der Waals surface area contributed by atoms with E-state index < -0.39 is 0 Å². The predicted molar refractivity (Wildman–Crippen MR) is 138 cm³/mol. The largest absolute Gasteiger partial charge is 0.490 e. The van der Waals surface area contributed by atoms with Gasteiger partial charge in [-0.3, -0.25) is 4.98 Å². The van der Waals surface area contributed by atoms with E-state index in [-0.39, 0.29) is 6.10 Å². The second-order valence-corrected chi connectivity index (χ2v) is 9.93. The summed E-state index contributed by atoms with van der Waals surface area (Å²) in [5, 5.41) is 24.0. The fourth-order valence-corrected chi connectivity index (χ4v) is 5.45. The van der Waals surface area contributed by atoms with E-state index in [2.05, 4.69) is 56.9 Å². The van der Waals surface area contributed by atoms with Crippen molar-refractivity contribution in [3.8, 4) is 33.0 Å². The molecule has 0 fully saturated rings. The molecule has 0 saturated heterocycles. The maximum absolute atomic E-state index is 9.59. The highest BCUT2D eigenvalue weighted by atomic mass is 32.1. The number of nitrogens with zero attached hydrogens (tertiary/aromatic N) is 4. The van der Waals surface area contributed by atoms with Gasteiger partial charge in [-0.05, 0) is 80.1 Å². The van der Waals surface area contributed by atoms with Crippen molar-refractivity contribution in [3.05, 3.63) is 83.2 Å². The molecule has 2 heterocycles. The van der Waals surface area contributed by atoms with Gasteiger partial charge in [-0.25, -0.2) is 0 Å². The van der Waals surface area contributed by atoms with Crippen LogP contribution in [0, 0.1) is 11.3 Å². The summed E-state index contributed by atoms with van der Waals surface area (Å²) >= 11 is 1.56. The zero-order chi connectivity index (χ0) is 24.2. The van der Waals surface area contributed by atoms with E-state index >= 15 is 0 Å². The van der Waals surface area contributed by atoms with Crippen molar-refractivity contribution in [2.75, 3.05) is 0 Å². The highest BCUT2D eigenvalue weighted by Gasteiger charge is 2.24. The molecule has 35 heavy (non-hydrogen) atoms. The van der Waals surface area contributed by atoms with Crippen LogP contribution in [-0.2, 0) is 13.0 Å². The standard InChI is InChI=1S/C28H27N5OS/c1-18(2)34-26-10-9-20(15-21(26)16-29)27-32-33-28(35-27)24-7-3-6-23-22(24)5-4-8-25(23)31-17-19-11-13-30-14-12-19/h3,6-7,9-15,18,25,31H,4-5,8,17H2,1-2H3/t25-/m0/s1. The molecule has 4 aromatic rings. The van der Waals surface area contributed by atoms with Crippen molar-refractivity contribution in [1.29, 1.82) is 5.26 Å². The molecule has 7 heteroatoms. The first-order valence-electron chi connectivity index (χ1n) is 11.9. The number of pyridine rings is 1. The second-order valence-electron chi connectivity index (χ2n) is 8.96. The molecule has 6 nitrogen and oxygen atoms in total. The van der Waals surface area contributed by atoms with Crippen molar-refractivity contribution in [2.24, 2.45) is 0 Å². The third-order valence-corrected chi connectivity index (χ3v) is 7.18. The average molecular weight is 482 g/mol. The molecule has 0 aliphatic heterocycles. The Morgan fingerprint density at radius 2 is 1.94 bits per heavy atom. The normalized spacial score (nSPS) is 15.0. The summed E-state index contributed by atoms with van der Waals surface area (Å²) in [4.78, 5) is 4.11. The highest BCUT2D eigenvalue weighted by molar-refractivity contribution is 7.17. The Morgan fingerprint density at radius 3 is 2.74 bits per heavy atom. The van der Waals surface area contributed by atoms with Crippen LogP contribution in [0.25, 0.3) is 21.1 Å². The minimum Gasteiger partial charge on any atom is -0.490 e. The van der Waals surface area contributed by atoms with Gasteiger partial charge in [0.15, 0.2) is 0 Å². The lowest BCUT2D eigenvalue weighted by molar-refractivity contribution is 0.242. The van der Waals surface area contributed by atoms with Crippen LogP contribution < -0.4 is 10.1 Å². The molecule has 5 rings (SSSR count). The number of nitriles is 1. The van der Waals surface area contributed by atoms with Crippen LogP contribution in [0.4, 0.5) is 0 Å². The van der Waals surface area contributed by atoms with Gasteiger partial charge in [0.2, 0.25) is 0 Å². The van der Waals surface area contributed by atoms with Gasteiger partial charge in [-0.15, -0.1) is 10.2 Å². The zero-order valence-electron chi connectivity index (χ0n) is 19.9. The Hall–Kier alpha value is -3.60. The molecule has 0 amide bonds. The fourth-order valence-electron chi connectivity index (χ4n) is 4.56. The van der Waals surface area contributed by atoms with Gasteiger partial charge in [0, 0.05) is 36.1 Å². The molecule has 1 aliphatic rings. The van der Waals surface area contributed by atoms with Crippen LogP contribution in [-0.4, -0.2) is 21.3 Å². The number of hydrogen-bond donors (Lipinski definition) is 1. The van der Waals surface area contributed by atoms with Gasteiger partial charge in [-0.2, -0.15) is 5.26 Å². The first kappa shape index (κ1) is 23.2. The van der Waals surface area contributed by atoms with Crippen molar-refractivity contribution in [3.63, 3.8) is 0 Å². The van der Waals surface area contributed by atoms with E-state index in [9.17, 15) is 5.26 Å². The van der Waals surface area contributed by atoms with Gasteiger partial charge in [0.25, 0.3) is 0 Å². The molecule has 0 radical (unpaired) electrons. The maximum atomic E-state index is 9.59. The summed E-state index contributed by atoms with van der Waals surface area (Å²) < 4.78 is 5.76. The number of ether oxygens (including phenoxy) is 1. The van der Waals surface area contributed by atoms with Crippen LogP contribution >= 0.6 is 11.3 Å². The maximum Gasteiger partial charge on any atom is 0.148 e. The Bertz CT molecular complexity index is 1360. The fraction of sp³-hybridized carbons (Fsp3) is 0.286. The van der Waals surface area contributed by atoms with Crippen molar-refractivity contribution < 1.29 is 4.74 Å². The molecule has 0 unspecified atom stereocenters. The monoisotopic (exact) mass is 481 g/mol. The summed E-state index contributed by atoms with van der Waals surface area (Å²) in [7, 11) is 0. The highest BCUT2D eigenvalue weighted by Crippen LogP contribution is 2.39. The Balaban J connectivity index is 1.41. The molecule has 0 saturated carbocycles. The van der Waals surface area contributed by atoms with E-state index in [0.29, 0.717) is 17.4 Å². The smallest absolute Gasteiger partial charge is 0.148 e. The summed E-state index contributed by atoms with van der Waals surface area (Å²) in [5.41, 5.74) is 6.48. The average Bonchev–Trinajstić information content (AvgIpc) is 3.38. The quantitative estimate of drug-likeness (QED) is 0.344. The molecule has 1 N–H and O–H groups in total. The van der Waals surface area contributed by atoms with Crippen LogP contribution in [0.15, 0.2) is 60.9 Å². The molecule has 2 aromatic carbocycles. The Labute approximate surface area is 209 Å². The van der Waals surface area contributed by atoms with Crippen LogP contribution in [0.2, 0.25) is 0 Å². The Morgan fingerprint density at radius 1 is 1.11 bits per heavy atom. The lowest BCUT2D eigenvalue weighted by atomic mass is 9.85. The summed E-state index contributed by atoms with van der Waals surface area (Å²) in [6.07, 6.45) is 6.96. The lowest BCUT2D eigenvalue weighted by Gasteiger charge is -2.28. The zero-order valence-corrected chi connectivity index (χ0v) is 20.7. The number of fused-ring (bicyclic) bond motifs is 1. The Kier molecular flexibility index (Phi) is 6.84. The third kappa shape index (κ3) is 5.09. The number of rotatable bonds is 7. The van der Waals surface area contributed by atoms with Crippen molar-refractivity contribution in [2.45, 2.75) is 51.8 Å². The minimum absolute atomic E-state index is 0.00774. The molecule has 1 aliphatic carbocycles. The summed E-state index contributed by atoms with van der Waals surface area (Å²) in [6, 6.07) is 18.8. The number of benzene rings is 2. The summed E-state index contributed by atoms with van der Waals surface area (Å²) in [5.74, 6) is 0.596. The van der Waals surface area contributed by atoms with E-state index in [4.69, 9.17) is 4.74 Å². The molecular formula is C28H27N5OS. The first-order chi connectivity index (χ1) is 17.1. The van der Waals surface area contributed by atoms with Gasteiger partial charge in [-0.1, -0.05) is 29.5 Å². The topological polar surface area (TPSA) is 83.7 Å². The first-order valence-corrected chi connectivity index (χ1v) is 12.7. The number of nitrogens with one attached hydrogen (secondary N) is 1. The van der Waals surface area contributed by atoms with Gasteiger partial charge >= 0.3 is 0 Å². The molecule has 2 aromatic heterocycles. The van der Waals surface area contributed by atoms with Crippen LogP contribution in [0.1, 0.15) is 55.0 Å². The molecule has 0 spiro atoms. The number of hydrogen-bond acceptors (Lipinski definition) is 7. The van der Waals surface area contributed by atoms with E-state index in [1.807, 2.05) is 44.4 Å². The molecular weight excluding hydrogens is 454 g/mol. The summed E-state index contributed by atoms with van der Waals surface area (Å²) in [6.45, 7) is 4.72. The van der Waals surface area contributed by atoms with Gasteiger partial charge in [0.05, 0.1) is 11.7 Å². The molecule has 1 atom stereocenters. The van der Waals surface area contributed by atoms with Crippen LogP contribution in [0.5, 0.6) is 5.75 Å². The SMILES string of the molecule is CC(C)Oc1ccc(-c2nnc(-c3cccc4c3CCC[C@@H]4NCc3ccncc3)s2)cc1C#N. The van der Waals surface area contributed by atoms with Gasteiger partial charge in [0.1, 0.15) is 21.8 Å². The van der Waals surface area contributed by atoms with Gasteiger partial charge < -0.3 is 10.1 Å². The number of aromatic nitrogens is 3. The lowest BCUT2D eigenvalue weighted by Crippen LogP contribution is -2.25. The second kappa shape index (κ2) is 10.3. The van der Waals surface area contributed by atoms with E-state index in [0.717, 1.165) is 46.9 Å². The third-order valence-electron chi connectivity index (χ3n) is 6.17. The van der Waals surface area contributed by atoms with Crippen molar-refractivity contribution in [1.82, 2.24) is 20.5 Å². The predicted octanol–water partition coefficient (Wildman–Crippen LogP) is 6.09. The van der Waals surface area contributed by atoms with Crippen molar-refractivity contribution >= 4 is 11.3 Å². The van der Waals surface area contributed by atoms with E-state index in [1.165, 1.54) is 16.7 Å². The minimum atomic E-state index is 0.00774. The van der Waals surface area contributed by atoms with E-state index in [1.54, 1.807) is 11.3 Å².